The molecule has 126 valence electrons. The van der Waals surface area contributed by atoms with E-state index >= 15 is 0 Å². The highest BCUT2D eigenvalue weighted by molar-refractivity contribution is 5.94. The number of hydrogen-bond donors (Lipinski definition) is 0. The molecule has 1 atom stereocenters. The summed E-state index contributed by atoms with van der Waals surface area (Å²) in [6.45, 7) is 0.701. The molecule has 3 rings (SSSR count). The number of likely N-dealkylation sites (tertiary alicyclic amines) is 1. The van der Waals surface area contributed by atoms with Crippen molar-refractivity contribution in [3.05, 3.63) is 47.8 Å². The third-order valence-electron chi connectivity index (χ3n) is 3.68. The number of carbonyl (C=O) groups is 1. The monoisotopic (exact) mass is 335 g/mol. The predicted molar refractivity (Wildman–Crippen MR) is 79.9 cm³/mol. The number of carbonyl (C=O) groups excluding carboxylic acids is 1. The van der Waals surface area contributed by atoms with Gasteiger partial charge in [0.25, 0.3) is 5.91 Å². The van der Waals surface area contributed by atoms with Crippen LogP contribution in [0.1, 0.15) is 16.8 Å². The SMILES string of the molecule is COc1cncc(OC2CCN(C(=O)c3ccc(F)cc3F)C2)n1. The van der Waals surface area contributed by atoms with Gasteiger partial charge in [-0.2, -0.15) is 4.98 Å². The lowest BCUT2D eigenvalue weighted by atomic mass is 10.2. The van der Waals surface area contributed by atoms with Gasteiger partial charge in [-0.15, -0.1) is 0 Å². The lowest BCUT2D eigenvalue weighted by molar-refractivity contribution is 0.0766. The van der Waals surface area contributed by atoms with Crippen molar-refractivity contribution in [2.45, 2.75) is 12.5 Å². The zero-order valence-corrected chi connectivity index (χ0v) is 12.9. The molecule has 6 nitrogen and oxygen atoms in total. The van der Waals surface area contributed by atoms with Crippen LogP contribution >= 0.6 is 0 Å². The summed E-state index contributed by atoms with van der Waals surface area (Å²) in [6, 6.07) is 2.91. The largest absolute Gasteiger partial charge is 0.480 e. The molecule has 24 heavy (non-hydrogen) atoms. The van der Waals surface area contributed by atoms with Crippen LogP contribution in [0, 0.1) is 11.6 Å². The van der Waals surface area contributed by atoms with Crippen molar-refractivity contribution in [2.24, 2.45) is 0 Å². The van der Waals surface area contributed by atoms with Gasteiger partial charge in [-0.25, -0.2) is 8.78 Å². The predicted octanol–water partition coefficient (Wildman–Crippen LogP) is 2.06. The molecule has 1 saturated heterocycles. The minimum atomic E-state index is -0.872. The van der Waals surface area contributed by atoms with E-state index in [-0.39, 0.29) is 18.2 Å². The van der Waals surface area contributed by atoms with Crippen molar-refractivity contribution in [1.29, 1.82) is 0 Å². The highest BCUT2D eigenvalue weighted by Crippen LogP contribution is 2.20. The van der Waals surface area contributed by atoms with Crippen molar-refractivity contribution >= 4 is 5.91 Å². The Morgan fingerprint density at radius 3 is 2.83 bits per heavy atom. The van der Waals surface area contributed by atoms with Gasteiger partial charge in [0.15, 0.2) is 0 Å². The molecule has 0 spiro atoms. The van der Waals surface area contributed by atoms with Gasteiger partial charge in [-0.3, -0.25) is 9.78 Å². The molecule has 1 amide bonds. The summed E-state index contributed by atoms with van der Waals surface area (Å²) < 4.78 is 37.3. The standard InChI is InChI=1S/C16H15F2N3O3/c1-23-14-7-19-8-15(20-14)24-11-4-5-21(9-11)16(22)12-3-2-10(17)6-13(12)18/h2-3,6-8,11H,4-5,9H2,1H3. The second-order valence-corrected chi connectivity index (χ2v) is 5.30. The van der Waals surface area contributed by atoms with E-state index in [0.717, 1.165) is 12.1 Å². The number of ether oxygens (including phenoxy) is 2. The Bertz CT molecular complexity index is 757. The third-order valence-corrected chi connectivity index (χ3v) is 3.68. The molecular formula is C16H15F2N3O3. The van der Waals surface area contributed by atoms with Crippen LogP contribution in [-0.2, 0) is 0 Å². The van der Waals surface area contributed by atoms with E-state index < -0.39 is 17.5 Å². The van der Waals surface area contributed by atoms with Crippen LogP contribution in [0.15, 0.2) is 30.6 Å². The van der Waals surface area contributed by atoms with Crippen LogP contribution in [0.2, 0.25) is 0 Å². The first kappa shape index (κ1) is 16.1. The first-order valence-corrected chi connectivity index (χ1v) is 7.34. The smallest absolute Gasteiger partial charge is 0.256 e. The average molecular weight is 335 g/mol. The van der Waals surface area contributed by atoms with E-state index in [1.165, 1.54) is 24.4 Å². The maximum absolute atomic E-state index is 13.7. The van der Waals surface area contributed by atoms with Gasteiger partial charge in [0, 0.05) is 19.0 Å². The molecule has 2 aromatic rings. The normalized spacial score (nSPS) is 17.0. The molecule has 0 saturated carbocycles. The lowest BCUT2D eigenvalue weighted by Crippen LogP contribution is -2.31. The van der Waals surface area contributed by atoms with Crippen LogP contribution in [0.5, 0.6) is 11.8 Å². The number of amides is 1. The fourth-order valence-corrected chi connectivity index (χ4v) is 2.50. The first-order valence-electron chi connectivity index (χ1n) is 7.34. The summed E-state index contributed by atoms with van der Waals surface area (Å²) in [5.41, 5.74) is -0.154. The Morgan fingerprint density at radius 2 is 2.08 bits per heavy atom. The maximum Gasteiger partial charge on any atom is 0.256 e. The van der Waals surface area contributed by atoms with Crippen LogP contribution in [0.3, 0.4) is 0 Å². The van der Waals surface area contributed by atoms with E-state index in [0.29, 0.717) is 30.8 Å². The van der Waals surface area contributed by atoms with Gasteiger partial charge in [0.05, 0.1) is 31.6 Å². The molecule has 0 bridgehead atoms. The van der Waals surface area contributed by atoms with E-state index in [4.69, 9.17) is 9.47 Å². The van der Waals surface area contributed by atoms with Crippen molar-refractivity contribution in [1.82, 2.24) is 14.9 Å². The number of aromatic nitrogens is 2. The van der Waals surface area contributed by atoms with Gasteiger partial charge < -0.3 is 14.4 Å². The van der Waals surface area contributed by atoms with E-state index in [9.17, 15) is 13.6 Å². The molecule has 1 aliphatic heterocycles. The Kier molecular flexibility index (Phi) is 4.54. The second-order valence-electron chi connectivity index (χ2n) is 5.30. The fraction of sp³-hybridized carbons (Fsp3) is 0.312. The second kappa shape index (κ2) is 6.77. The van der Waals surface area contributed by atoms with Crippen LogP contribution in [0.25, 0.3) is 0 Å². The van der Waals surface area contributed by atoms with Crippen molar-refractivity contribution in [2.75, 3.05) is 20.2 Å². The van der Waals surface area contributed by atoms with Crippen molar-refractivity contribution in [3.8, 4) is 11.8 Å². The average Bonchev–Trinajstić information content (AvgIpc) is 3.03. The van der Waals surface area contributed by atoms with Crippen molar-refractivity contribution < 1.29 is 23.0 Å². The molecule has 8 heteroatoms. The summed E-state index contributed by atoms with van der Waals surface area (Å²) in [5, 5.41) is 0. The van der Waals surface area contributed by atoms with Gasteiger partial charge in [-0.1, -0.05) is 0 Å². The van der Waals surface area contributed by atoms with Gasteiger partial charge in [0.2, 0.25) is 11.8 Å². The van der Waals surface area contributed by atoms with Gasteiger partial charge in [0.1, 0.15) is 17.7 Å². The maximum atomic E-state index is 13.7. The molecule has 1 aromatic carbocycles. The molecule has 1 aliphatic rings. The molecule has 1 unspecified atom stereocenters. The quantitative estimate of drug-likeness (QED) is 0.856. The highest BCUT2D eigenvalue weighted by Gasteiger charge is 2.30. The van der Waals surface area contributed by atoms with Crippen LogP contribution in [-0.4, -0.2) is 47.1 Å². The molecule has 2 heterocycles. The highest BCUT2D eigenvalue weighted by atomic mass is 19.1. The fourth-order valence-electron chi connectivity index (χ4n) is 2.50. The number of hydrogen-bond acceptors (Lipinski definition) is 5. The summed E-state index contributed by atoms with van der Waals surface area (Å²) in [6.07, 6.45) is 3.20. The Labute approximate surface area is 137 Å². The molecular weight excluding hydrogens is 320 g/mol. The zero-order chi connectivity index (χ0) is 17.1. The van der Waals surface area contributed by atoms with Crippen molar-refractivity contribution in [3.63, 3.8) is 0 Å². The molecule has 0 N–H and O–H groups in total. The van der Waals surface area contributed by atoms with E-state index in [1.54, 1.807) is 0 Å². The summed E-state index contributed by atoms with van der Waals surface area (Å²) in [4.78, 5) is 21.8. The Morgan fingerprint density at radius 1 is 1.29 bits per heavy atom. The number of halogens is 2. The summed E-state index contributed by atoms with van der Waals surface area (Å²) >= 11 is 0. The van der Waals surface area contributed by atoms with Crippen LogP contribution < -0.4 is 9.47 Å². The Balaban J connectivity index is 1.65. The number of methoxy groups -OCH3 is 1. The lowest BCUT2D eigenvalue weighted by Gasteiger charge is -2.17. The molecule has 1 aromatic heterocycles. The van der Waals surface area contributed by atoms with Gasteiger partial charge in [-0.05, 0) is 12.1 Å². The first-order chi connectivity index (χ1) is 11.6. The topological polar surface area (TPSA) is 64.6 Å². The summed E-state index contributed by atoms with van der Waals surface area (Å²) in [5.74, 6) is -1.46. The Hall–Kier alpha value is -2.77. The molecule has 0 aliphatic carbocycles. The number of benzene rings is 1. The molecule has 0 radical (unpaired) electrons. The van der Waals surface area contributed by atoms with E-state index in [1.807, 2.05) is 0 Å². The number of nitrogens with zero attached hydrogens (tertiary/aromatic N) is 3. The minimum absolute atomic E-state index is 0.154. The number of rotatable bonds is 4. The van der Waals surface area contributed by atoms with Crippen LogP contribution in [0.4, 0.5) is 8.78 Å². The van der Waals surface area contributed by atoms with E-state index in [2.05, 4.69) is 9.97 Å². The minimum Gasteiger partial charge on any atom is -0.480 e. The summed E-state index contributed by atoms with van der Waals surface area (Å²) in [7, 11) is 1.47. The van der Waals surface area contributed by atoms with Gasteiger partial charge >= 0.3 is 0 Å². The molecule has 1 fully saturated rings. The zero-order valence-electron chi connectivity index (χ0n) is 12.9. The third kappa shape index (κ3) is 3.42.